The van der Waals surface area contributed by atoms with Crippen molar-refractivity contribution in [1.82, 2.24) is 19.4 Å². The molecule has 3 aromatic rings. The summed E-state index contributed by atoms with van der Waals surface area (Å²) in [6.07, 6.45) is 2.50. The molecule has 0 spiro atoms. The van der Waals surface area contributed by atoms with Gasteiger partial charge >= 0.3 is 0 Å². The highest BCUT2D eigenvalue weighted by Crippen LogP contribution is 2.16. The lowest BCUT2D eigenvalue weighted by atomic mass is 10.1. The third kappa shape index (κ3) is 4.95. The number of carbonyl (C=O) groups is 1. The molecule has 168 valence electrons. The van der Waals surface area contributed by atoms with E-state index in [1.54, 1.807) is 24.3 Å². The van der Waals surface area contributed by atoms with Crippen molar-refractivity contribution < 1.29 is 4.79 Å². The number of H-pyrrole nitrogens is 1. The van der Waals surface area contributed by atoms with Crippen LogP contribution in [-0.2, 0) is 13.1 Å². The number of nitriles is 1. The largest absolute Gasteiger partial charge is 0.337 e. The van der Waals surface area contributed by atoms with E-state index in [9.17, 15) is 9.59 Å². The van der Waals surface area contributed by atoms with Gasteiger partial charge in [-0.15, -0.1) is 6.58 Å². The van der Waals surface area contributed by atoms with Gasteiger partial charge in [-0.05, 0) is 54.5 Å². The number of nitrogens with zero attached hydrogens (tertiary/aromatic N) is 4. The van der Waals surface area contributed by atoms with Gasteiger partial charge < -0.3 is 9.88 Å². The van der Waals surface area contributed by atoms with Crippen molar-refractivity contribution in [2.75, 3.05) is 26.2 Å². The summed E-state index contributed by atoms with van der Waals surface area (Å²) in [4.78, 5) is 33.2. The molecule has 7 nitrogen and oxygen atoms in total. The summed E-state index contributed by atoms with van der Waals surface area (Å²) in [6, 6.07) is 14.9. The molecule has 0 radical (unpaired) electrons. The van der Waals surface area contributed by atoms with E-state index in [0.717, 1.165) is 31.6 Å². The summed E-state index contributed by atoms with van der Waals surface area (Å²) in [5.41, 5.74) is 2.71. The first-order chi connectivity index (χ1) is 16.0. The monoisotopic (exact) mass is 459 g/mol. The average Bonchev–Trinajstić information content (AvgIpc) is 3.07. The summed E-state index contributed by atoms with van der Waals surface area (Å²) in [5, 5.41) is 9.45. The van der Waals surface area contributed by atoms with E-state index in [4.69, 9.17) is 17.5 Å². The maximum Gasteiger partial charge on any atom is 0.262 e. The highest BCUT2D eigenvalue weighted by molar-refractivity contribution is 7.71. The SMILES string of the molecule is C=CCn1c(=S)[nH]c2cc(C(=O)N3CCCN(Cc4ccc(C#N)cc4)CC3)ccc2c1=O. The number of nitrogens with one attached hydrogen (secondary N) is 1. The number of hydrogen-bond acceptors (Lipinski definition) is 5. The first-order valence-electron chi connectivity index (χ1n) is 10.9. The minimum atomic E-state index is -0.194. The number of carbonyl (C=O) groups excluding carboxylic acids is 1. The maximum atomic E-state index is 13.2. The van der Waals surface area contributed by atoms with Crippen LogP contribution >= 0.6 is 12.2 Å². The molecule has 1 aliphatic rings. The lowest BCUT2D eigenvalue weighted by molar-refractivity contribution is 0.0761. The lowest BCUT2D eigenvalue weighted by Crippen LogP contribution is -2.35. The minimum Gasteiger partial charge on any atom is -0.337 e. The van der Waals surface area contributed by atoms with Crippen LogP contribution in [0, 0.1) is 16.1 Å². The second-order valence-electron chi connectivity index (χ2n) is 8.13. The second kappa shape index (κ2) is 9.94. The maximum absolute atomic E-state index is 13.2. The number of rotatable bonds is 5. The van der Waals surface area contributed by atoms with Crippen molar-refractivity contribution in [2.24, 2.45) is 0 Å². The molecule has 4 rings (SSSR count). The van der Waals surface area contributed by atoms with Crippen molar-refractivity contribution in [2.45, 2.75) is 19.5 Å². The smallest absolute Gasteiger partial charge is 0.262 e. The van der Waals surface area contributed by atoms with E-state index in [1.165, 1.54) is 4.57 Å². The van der Waals surface area contributed by atoms with E-state index in [0.29, 0.717) is 46.4 Å². The molecule has 0 aliphatic carbocycles. The zero-order chi connectivity index (χ0) is 23.4. The van der Waals surface area contributed by atoms with Gasteiger partial charge in [0.25, 0.3) is 11.5 Å². The molecule has 1 aromatic heterocycles. The fourth-order valence-electron chi connectivity index (χ4n) is 4.14. The van der Waals surface area contributed by atoms with Gasteiger partial charge in [0, 0.05) is 44.8 Å². The van der Waals surface area contributed by atoms with Gasteiger partial charge in [-0.25, -0.2) is 0 Å². The molecule has 1 amide bonds. The molecule has 8 heteroatoms. The van der Waals surface area contributed by atoms with E-state index in [-0.39, 0.29) is 11.5 Å². The zero-order valence-electron chi connectivity index (χ0n) is 18.3. The molecule has 2 aromatic carbocycles. The Labute approximate surface area is 197 Å². The summed E-state index contributed by atoms with van der Waals surface area (Å²) in [5.74, 6) is -0.0493. The second-order valence-corrected chi connectivity index (χ2v) is 8.51. The predicted octanol–water partition coefficient (Wildman–Crippen LogP) is 3.46. The number of aromatic amines is 1. The molecule has 1 N–H and O–H groups in total. The van der Waals surface area contributed by atoms with Crippen LogP contribution in [0.5, 0.6) is 0 Å². The Morgan fingerprint density at radius 3 is 2.67 bits per heavy atom. The van der Waals surface area contributed by atoms with Crippen LogP contribution < -0.4 is 5.56 Å². The molecule has 0 atom stereocenters. The summed E-state index contributed by atoms with van der Waals surface area (Å²) < 4.78 is 1.76. The van der Waals surface area contributed by atoms with Gasteiger partial charge in [0.15, 0.2) is 4.77 Å². The summed E-state index contributed by atoms with van der Waals surface area (Å²) in [7, 11) is 0. The van der Waals surface area contributed by atoms with Crippen LogP contribution in [0.1, 0.15) is 27.9 Å². The molecule has 0 unspecified atom stereocenters. The Morgan fingerprint density at radius 2 is 1.94 bits per heavy atom. The molecule has 1 saturated heterocycles. The van der Waals surface area contributed by atoms with Crippen LogP contribution in [0.25, 0.3) is 10.9 Å². The van der Waals surface area contributed by atoms with Crippen molar-refractivity contribution in [3.05, 3.63) is 86.9 Å². The Kier molecular flexibility index (Phi) is 6.82. The molecular formula is C25H25N5O2S. The average molecular weight is 460 g/mol. The molecule has 33 heavy (non-hydrogen) atoms. The van der Waals surface area contributed by atoms with Gasteiger partial charge in [0.1, 0.15) is 0 Å². The van der Waals surface area contributed by atoms with Crippen LogP contribution in [0.4, 0.5) is 0 Å². The van der Waals surface area contributed by atoms with E-state index in [2.05, 4.69) is 22.5 Å². The topological polar surface area (TPSA) is 85.1 Å². The van der Waals surface area contributed by atoms with Crippen molar-refractivity contribution in [3.63, 3.8) is 0 Å². The highest BCUT2D eigenvalue weighted by atomic mass is 32.1. The Balaban J connectivity index is 1.48. The quantitative estimate of drug-likeness (QED) is 0.467. The minimum absolute atomic E-state index is 0.0493. The molecular weight excluding hydrogens is 434 g/mol. The number of hydrogen-bond donors (Lipinski definition) is 1. The van der Waals surface area contributed by atoms with Crippen molar-refractivity contribution in [3.8, 4) is 6.07 Å². The van der Waals surface area contributed by atoms with E-state index in [1.807, 2.05) is 29.2 Å². The van der Waals surface area contributed by atoms with Crippen LogP contribution in [0.2, 0.25) is 0 Å². The first-order valence-corrected chi connectivity index (χ1v) is 11.3. The first kappa shape index (κ1) is 22.6. The third-order valence-corrected chi connectivity index (χ3v) is 6.23. The highest BCUT2D eigenvalue weighted by Gasteiger charge is 2.21. The van der Waals surface area contributed by atoms with Gasteiger partial charge in [-0.3, -0.25) is 19.1 Å². The number of aromatic nitrogens is 2. The predicted molar refractivity (Wildman–Crippen MR) is 131 cm³/mol. The van der Waals surface area contributed by atoms with Gasteiger partial charge in [0.05, 0.1) is 22.5 Å². The fourth-order valence-corrected chi connectivity index (χ4v) is 4.41. The zero-order valence-corrected chi connectivity index (χ0v) is 19.1. The molecule has 0 saturated carbocycles. The van der Waals surface area contributed by atoms with Crippen LogP contribution in [0.3, 0.4) is 0 Å². The number of amides is 1. The Hall–Kier alpha value is -3.54. The standard InChI is InChI=1S/C25H25N5O2S/c1-2-10-30-24(32)21-9-8-20(15-22(21)27-25(30)33)23(31)29-12-3-11-28(13-14-29)17-19-6-4-18(16-26)5-7-19/h2,4-9,15H,1,3,10-14,17H2,(H,27,33). The molecule has 2 heterocycles. The Bertz CT molecular complexity index is 1350. The summed E-state index contributed by atoms with van der Waals surface area (Å²) in [6.45, 7) is 7.76. The lowest BCUT2D eigenvalue weighted by Gasteiger charge is -2.22. The Morgan fingerprint density at radius 1 is 1.15 bits per heavy atom. The van der Waals surface area contributed by atoms with Crippen LogP contribution in [-0.4, -0.2) is 51.4 Å². The molecule has 0 bridgehead atoms. The third-order valence-electron chi connectivity index (χ3n) is 5.91. The van der Waals surface area contributed by atoms with Crippen molar-refractivity contribution in [1.29, 1.82) is 5.26 Å². The van der Waals surface area contributed by atoms with Gasteiger partial charge in [-0.1, -0.05) is 18.2 Å². The van der Waals surface area contributed by atoms with E-state index >= 15 is 0 Å². The van der Waals surface area contributed by atoms with E-state index < -0.39 is 0 Å². The van der Waals surface area contributed by atoms with Gasteiger partial charge in [-0.2, -0.15) is 5.26 Å². The summed E-state index contributed by atoms with van der Waals surface area (Å²) >= 11 is 5.31. The fraction of sp³-hybridized carbons (Fsp3) is 0.280. The van der Waals surface area contributed by atoms with Crippen molar-refractivity contribution >= 4 is 29.0 Å². The number of allylic oxidation sites excluding steroid dienone is 1. The number of benzene rings is 2. The number of fused-ring (bicyclic) bond motifs is 1. The normalized spacial score (nSPS) is 14.6. The van der Waals surface area contributed by atoms with Gasteiger partial charge in [0.2, 0.25) is 0 Å². The van der Waals surface area contributed by atoms with Crippen LogP contribution in [0.15, 0.2) is 59.9 Å². The molecule has 1 fully saturated rings. The molecule has 1 aliphatic heterocycles.